The van der Waals surface area contributed by atoms with Crippen molar-refractivity contribution in [3.8, 4) is 0 Å². The molecule has 0 aliphatic heterocycles. The van der Waals surface area contributed by atoms with Crippen LogP contribution in [0.25, 0.3) is 0 Å². The lowest BCUT2D eigenvalue weighted by atomic mass is 10.00. The van der Waals surface area contributed by atoms with Gasteiger partial charge in [0.05, 0.1) is 11.4 Å². The van der Waals surface area contributed by atoms with E-state index in [1.165, 1.54) is 0 Å². The lowest BCUT2D eigenvalue weighted by molar-refractivity contribution is 1.09. The third-order valence-electron chi connectivity index (χ3n) is 3.84. The summed E-state index contributed by atoms with van der Waals surface area (Å²) in [6.45, 7) is 1.92. The van der Waals surface area contributed by atoms with Crippen molar-refractivity contribution in [1.82, 2.24) is 5.32 Å². The van der Waals surface area contributed by atoms with Crippen LogP contribution >= 0.6 is 15.9 Å². The van der Waals surface area contributed by atoms with Gasteiger partial charge in [0.2, 0.25) is 5.96 Å². The topological polar surface area (TPSA) is 63.8 Å². The van der Waals surface area contributed by atoms with E-state index < -0.39 is 0 Å². The maximum absolute atomic E-state index is 8.69. The molecule has 2 N–H and O–H groups in total. The first-order valence-corrected chi connectivity index (χ1v) is 8.64. The number of aliphatic imine (C=N–C) groups is 2. The van der Waals surface area contributed by atoms with Crippen LogP contribution < -0.4 is 10.2 Å². The molecular formula is C19H22BrN5. The van der Waals surface area contributed by atoms with Crippen molar-refractivity contribution in [1.29, 1.82) is 5.41 Å². The Labute approximate surface area is 157 Å². The normalized spacial score (nSPS) is 12.0. The highest BCUT2D eigenvalue weighted by Crippen LogP contribution is 2.25. The van der Waals surface area contributed by atoms with E-state index in [4.69, 9.17) is 5.41 Å². The lowest BCUT2D eigenvalue weighted by Crippen LogP contribution is -2.43. The quantitative estimate of drug-likeness (QED) is 0.606. The molecule has 2 aromatic rings. The molecule has 0 aliphatic carbocycles. The van der Waals surface area contributed by atoms with Gasteiger partial charge in [-0.1, -0.05) is 46.3 Å². The average molecular weight is 400 g/mol. The van der Waals surface area contributed by atoms with E-state index in [1.807, 2.05) is 67.4 Å². The second kappa shape index (κ2) is 8.58. The maximum atomic E-state index is 8.69. The predicted molar refractivity (Wildman–Crippen MR) is 110 cm³/mol. The van der Waals surface area contributed by atoms with Gasteiger partial charge < -0.3 is 5.32 Å². The standard InChI is InChI=1S/C19H22BrN5/c1-13(22-2)25(19(23-3)24-4)17-8-6-5-7-16(17)18(21)14-9-11-15(20)12-10-14/h5-12,21H,1-4H3,(H,23,24). The number of hydrogen-bond acceptors (Lipinski definition) is 3. The van der Waals surface area contributed by atoms with Crippen molar-refractivity contribution in [3.05, 3.63) is 64.1 Å². The fourth-order valence-corrected chi connectivity index (χ4v) is 2.78. The Bertz CT molecular complexity index is 809. The summed E-state index contributed by atoms with van der Waals surface area (Å²) in [6, 6.07) is 15.5. The van der Waals surface area contributed by atoms with E-state index in [0.29, 0.717) is 11.7 Å². The van der Waals surface area contributed by atoms with Gasteiger partial charge in [-0.05, 0) is 25.1 Å². The van der Waals surface area contributed by atoms with Gasteiger partial charge in [-0.15, -0.1) is 0 Å². The van der Waals surface area contributed by atoms with Gasteiger partial charge in [-0.3, -0.25) is 20.3 Å². The highest BCUT2D eigenvalue weighted by Gasteiger charge is 2.20. The zero-order chi connectivity index (χ0) is 18.4. The molecule has 0 aliphatic rings. The molecule has 2 aromatic carbocycles. The minimum atomic E-state index is 0.448. The molecular weight excluding hydrogens is 378 g/mol. The molecule has 2 rings (SSSR count). The van der Waals surface area contributed by atoms with Crippen LogP contribution in [0.5, 0.6) is 0 Å². The molecule has 6 heteroatoms. The zero-order valence-corrected chi connectivity index (χ0v) is 16.4. The smallest absolute Gasteiger partial charge is 0.203 e. The van der Waals surface area contributed by atoms with Crippen LogP contribution in [0.2, 0.25) is 0 Å². The molecule has 25 heavy (non-hydrogen) atoms. The van der Waals surface area contributed by atoms with E-state index >= 15 is 0 Å². The van der Waals surface area contributed by atoms with Crippen LogP contribution in [-0.2, 0) is 0 Å². The van der Waals surface area contributed by atoms with Gasteiger partial charge in [-0.2, -0.15) is 0 Å². The number of amidine groups is 1. The van der Waals surface area contributed by atoms with Gasteiger partial charge in [0.1, 0.15) is 5.84 Å². The summed E-state index contributed by atoms with van der Waals surface area (Å²) in [5.41, 5.74) is 2.96. The second-order valence-corrected chi connectivity index (χ2v) is 6.22. The number of nitrogens with one attached hydrogen (secondary N) is 2. The molecule has 0 spiro atoms. The van der Waals surface area contributed by atoms with Gasteiger partial charge in [0.25, 0.3) is 0 Å². The second-order valence-electron chi connectivity index (χ2n) is 5.30. The Morgan fingerprint density at radius 2 is 1.68 bits per heavy atom. The van der Waals surface area contributed by atoms with Crippen LogP contribution in [0, 0.1) is 5.41 Å². The Hall–Kier alpha value is -2.47. The van der Waals surface area contributed by atoms with Gasteiger partial charge in [0.15, 0.2) is 0 Å². The van der Waals surface area contributed by atoms with Crippen molar-refractivity contribution in [2.45, 2.75) is 6.92 Å². The number of hydrogen-bond donors (Lipinski definition) is 2. The minimum Gasteiger partial charge on any atom is -0.359 e. The summed E-state index contributed by atoms with van der Waals surface area (Å²) in [7, 11) is 5.29. The first-order valence-electron chi connectivity index (χ1n) is 7.85. The number of rotatable bonds is 3. The number of halogens is 1. The summed E-state index contributed by atoms with van der Waals surface area (Å²) in [4.78, 5) is 10.5. The number of nitrogens with zero attached hydrogens (tertiary/aromatic N) is 3. The molecule has 0 saturated heterocycles. The van der Waals surface area contributed by atoms with Crippen molar-refractivity contribution < 1.29 is 0 Å². The molecule has 0 radical (unpaired) electrons. The van der Waals surface area contributed by atoms with Crippen LogP contribution in [0.15, 0.2) is 63.0 Å². The Kier molecular flexibility index (Phi) is 6.47. The van der Waals surface area contributed by atoms with Crippen LogP contribution in [0.1, 0.15) is 18.1 Å². The number of anilines is 1. The molecule has 0 bridgehead atoms. The summed E-state index contributed by atoms with van der Waals surface area (Å²) < 4.78 is 0.989. The van der Waals surface area contributed by atoms with E-state index in [0.717, 1.165) is 27.1 Å². The fraction of sp³-hybridized carbons (Fsp3) is 0.211. The van der Waals surface area contributed by atoms with Gasteiger partial charge in [0, 0.05) is 36.7 Å². The number of benzene rings is 2. The van der Waals surface area contributed by atoms with Crippen LogP contribution in [0.4, 0.5) is 5.69 Å². The predicted octanol–water partition coefficient (Wildman–Crippen LogP) is 3.93. The Morgan fingerprint density at radius 3 is 2.24 bits per heavy atom. The highest BCUT2D eigenvalue weighted by atomic mass is 79.9. The maximum Gasteiger partial charge on any atom is 0.203 e. The zero-order valence-electron chi connectivity index (χ0n) is 14.8. The van der Waals surface area contributed by atoms with Gasteiger partial charge in [-0.25, -0.2) is 0 Å². The van der Waals surface area contributed by atoms with E-state index in [-0.39, 0.29) is 0 Å². The first kappa shape index (κ1) is 18.9. The summed E-state index contributed by atoms with van der Waals surface area (Å²) in [6.07, 6.45) is 0. The molecule has 0 unspecified atom stereocenters. The third-order valence-corrected chi connectivity index (χ3v) is 4.37. The fourth-order valence-electron chi connectivity index (χ4n) is 2.52. The molecule has 0 saturated carbocycles. The molecule has 0 fully saturated rings. The van der Waals surface area contributed by atoms with Crippen molar-refractivity contribution in [2.24, 2.45) is 9.98 Å². The summed E-state index contributed by atoms with van der Waals surface area (Å²) >= 11 is 3.44. The van der Waals surface area contributed by atoms with Crippen LogP contribution in [0.3, 0.4) is 0 Å². The SMILES string of the molecule is CN=C(C)N(C(=NC)NC)c1ccccc1C(=N)c1ccc(Br)cc1. The molecule has 0 amide bonds. The average Bonchev–Trinajstić information content (AvgIpc) is 2.65. The molecule has 130 valence electrons. The van der Waals surface area contributed by atoms with E-state index in [9.17, 15) is 0 Å². The molecule has 5 nitrogen and oxygen atoms in total. The third kappa shape index (κ3) is 4.14. The number of para-hydroxylation sites is 1. The summed E-state index contributed by atoms with van der Waals surface area (Å²) in [5, 5.41) is 11.8. The summed E-state index contributed by atoms with van der Waals surface area (Å²) in [5.74, 6) is 1.45. The van der Waals surface area contributed by atoms with Crippen molar-refractivity contribution >= 4 is 39.1 Å². The number of guanidine groups is 1. The van der Waals surface area contributed by atoms with Crippen molar-refractivity contribution in [2.75, 3.05) is 26.0 Å². The Balaban J connectivity index is 2.59. The Morgan fingerprint density at radius 1 is 1.04 bits per heavy atom. The lowest BCUT2D eigenvalue weighted by Gasteiger charge is -2.27. The van der Waals surface area contributed by atoms with E-state index in [1.54, 1.807) is 14.1 Å². The molecule has 0 heterocycles. The van der Waals surface area contributed by atoms with Gasteiger partial charge >= 0.3 is 0 Å². The molecule has 0 aromatic heterocycles. The van der Waals surface area contributed by atoms with Crippen LogP contribution in [-0.4, -0.2) is 38.6 Å². The van der Waals surface area contributed by atoms with E-state index in [2.05, 4.69) is 31.2 Å². The monoisotopic (exact) mass is 399 g/mol. The molecule has 0 atom stereocenters. The van der Waals surface area contributed by atoms with Crippen molar-refractivity contribution in [3.63, 3.8) is 0 Å². The minimum absolute atomic E-state index is 0.448. The largest absolute Gasteiger partial charge is 0.359 e. The highest BCUT2D eigenvalue weighted by molar-refractivity contribution is 9.10. The first-order chi connectivity index (χ1) is 12.0.